The summed E-state index contributed by atoms with van der Waals surface area (Å²) in [6.07, 6.45) is 1.08. The highest BCUT2D eigenvalue weighted by molar-refractivity contribution is 4.50. The second-order valence-corrected chi connectivity index (χ2v) is 5.03. The van der Waals surface area contributed by atoms with E-state index >= 15 is 0 Å². The minimum absolute atomic E-state index is 0.611. The number of rotatable bonds is 11. The smallest absolute Gasteiger partial charge is 0.0700 e. The maximum Gasteiger partial charge on any atom is 0.0700 e. The molecule has 3 nitrogen and oxygen atoms in total. The summed E-state index contributed by atoms with van der Waals surface area (Å²) in [4.78, 5) is 0. The molecule has 0 rings (SSSR count). The van der Waals surface area contributed by atoms with E-state index in [2.05, 4.69) is 33.0 Å². The maximum atomic E-state index is 5.46. The number of ether oxygens (including phenoxy) is 2. The summed E-state index contributed by atoms with van der Waals surface area (Å²) >= 11 is 0. The Morgan fingerprint density at radius 3 is 2.19 bits per heavy atom. The van der Waals surface area contributed by atoms with Gasteiger partial charge in [-0.25, -0.2) is 0 Å². The summed E-state index contributed by atoms with van der Waals surface area (Å²) in [5.74, 6) is 1.34. The Bertz CT molecular complexity index is 122. The fourth-order valence-electron chi connectivity index (χ4n) is 1.23. The molecule has 1 N–H and O–H groups in total. The van der Waals surface area contributed by atoms with Crippen molar-refractivity contribution in [3.63, 3.8) is 0 Å². The van der Waals surface area contributed by atoms with Crippen molar-refractivity contribution in [2.45, 2.75) is 34.1 Å². The number of nitrogens with one attached hydrogen (secondary N) is 1. The molecule has 0 aromatic heterocycles. The van der Waals surface area contributed by atoms with Gasteiger partial charge in [0.1, 0.15) is 0 Å². The van der Waals surface area contributed by atoms with Crippen LogP contribution in [0.2, 0.25) is 0 Å². The molecular weight excluding hydrogens is 202 g/mol. The van der Waals surface area contributed by atoms with Crippen LogP contribution in [0.5, 0.6) is 0 Å². The molecule has 3 heteroatoms. The van der Waals surface area contributed by atoms with Gasteiger partial charge in [0.2, 0.25) is 0 Å². The molecule has 98 valence electrons. The van der Waals surface area contributed by atoms with Crippen molar-refractivity contribution in [3.8, 4) is 0 Å². The molecule has 0 atom stereocenters. The maximum absolute atomic E-state index is 5.46. The number of hydrogen-bond acceptors (Lipinski definition) is 3. The summed E-state index contributed by atoms with van der Waals surface area (Å²) in [7, 11) is 0. The van der Waals surface area contributed by atoms with Crippen LogP contribution in [0, 0.1) is 11.8 Å². The van der Waals surface area contributed by atoms with Gasteiger partial charge in [-0.15, -0.1) is 0 Å². The molecule has 0 spiro atoms. The van der Waals surface area contributed by atoms with Gasteiger partial charge in [0.05, 0.1) is 13.2 Å². The van der Waals surface area contributed by atoms with Crippen LogP contribution < -0.4 is 5.32 Å². The van der Waals surface area contributed by atoms with Gasteiger partial charge < -0.3 is 14.8 Å². The normalized spacial score (nSPS) is 11.6. The quantitative estimate of drug-likeness (QED) is 0.554. The van der Waals surface area contributed by atoms with Crippen molar-refractivity contribution >= 4 is 0 Å². The molecule has 0 amide bonds. The van der Waals surface area contributed by atoms with Gasteiger partial charge in [-0.2, -0.15) is 0 Å². The Morgan fingerprint density at radius 2 is 1.56 bits per heavy atom. The standard InChI is InChI=1S/C13H29NO2/c1-12(2)10-14-6-5-7-15-8-9-16-11-13(3)4/h12-14H,5-11H2,1-4H3. The molecular formula is C13H29NO2. The predicted molar refractivity (Wildman–Crippen MR) is 68.8 cm³/mol. The Labute approximate surface area is 101 Å². The molecule has 0 aromatic rings. The molecule has 0 unspecified atom stereocenters. The van der Waals surface area contributed by atoms with Crippen molar-refractivity contribution in [3.05, 3.63) is 0 Å². The van der Waals surface area contributed by atoms with E-state index in [0.29, 0.717) is 5.92 Å². The molecule has 16 heavy (non-hydrogen) atoms. The third-order valence-electron chi connectivity index (χ3n) is 2.02. The van der Waals surface area contributed by atoms with Crippen LogP contribution in [0.15, 0.2) is 0 Å². The van der Waals surface area contributed by atoms with Crippen molar-refractivity contribution in [2.24, 2.45) is 11.8 Å². The van der Waals surface area contributed by atoms with Crippen molar-refractivity contribution in [1.29, 1.82) is 0 Å². The van der Waals surface area contributed by atoms with Gasteiger partial charge in [-0.3, -0.25) is 0 Å². The average molecular weight is 231 g/mol. The summed E-state index contributed by atoms with van der Waals surface area (Å²) in [6, 6.07) is 0. The first-order valence-corrected chi connectivity index (χ1v) is 6.49. The van der Waals surface area contributed by atoms with Crippen LogP contribution in [0.3, 0.4) is 0 Å². The van der Waals surface area contributed by atoms with E-state index in [9.17, 15) is 0 Å². The van der Waals surface area contributed by atoms with E-state index in [1.54, 1.807) is 0 Å². The Morgan fingerprint density at radius 1 is 0.875 bits per heavy atom. The highest BCUT2D eigenvalue weighted by atomic mass is 16.5. The third kappa shape index (κ3) is 13.9. The Hall–Kier alpha value is -0.120. The minimum atomic E-state index is 0.611. The van der Waals surface area contributed by atoms with E-state index in [1.165, 1.54) is 0 Å². The van der Waals surface area contributed by atoms with Gasteiger partial charge in [-0.1, -0.05) is 27.7 Å². The monoisotopic (exact) mass is 231 g/mol. The zero-order chi connectivity index (χ0) is 12.2. The first-order valence-electron chi connectivity index (χ1n) is 6.49. The van der Waals surface area contributed by atoms with Crippen LogP contribution in [-0.4, -0.2) is 39.5 Å². The Kier molecular flexibility index (Phi) is 11.3. The molecule has 0 aliphatic rings. The zero-order valence-corrected chi connectivity index (χ0v) is 11.4. The summed E-state index contributed by atoms with van der Waals surface area (Å²) in [5, 5.41) is 3.39. The highest BCUT2D eigenvalue weighted by Gasteiger charge is 1.95. The molecule has 0 bridgehead atoms. The number of hydrogen-bond donors (Lipinski definition) is 1. The molecule has 0 heterocycles. The second-order valence-electron chi connectivity index (χ2n) is 5.03. The van der Waals surface area contributed by atoms with Crippen molar-refractivity contribution in [1.82, 2.24) is 5.32 Å². The van der Waals surface area contributed by atoms with Crippen LogP contribution in [0.25, 0.3) is 0 Å². The van der Waals surface area contributed by atoms with E-state index in [1.807, 2.05) is 0 Å². The zero-order valence-electron chi connectivity index (χ0n) is 11.4. The van der Waals surface area contributed by atoms with Gasteiger partial charge in [0.25, 0.3) is 0 Å². The first-order chi connectivity index (χ1) is 7.63. The van der Waals surface area contributed by atoms with Crippen LogP contribution in [0.1, 0.15) is 34.1 Å². The third-order valence-corrected chi connectivity index (χ3v) is 2.02. The molecule has 0 aliphatic carbocycles. The molecule has 0 fully saturated rings. The summed E-state index contributed by atoms with van der Waals surface area (Å²) in [6.45, 7) is 14.0. The lowest BCUT2D eigenvalue weighted by molar-refractivity contribution is 0.0371. The van der Waals surface area contributed by atoms with E-state index in [4.69, 9.17) is 9.47 Å². The first kappa shape index (κ1) is 15.9. The fraction of sp³-hybridized carbons (Fsp3) is 1.00. The van der Waals surface area contributed by atoms with Crippen molar-refractivity contribution < 1.29 is 9.47 Å². The van der Waals surface area contributed by atoms with Crippen molar-refractivity contribution in [2.75, 3.05) is 39.5 Å². The lowest BCUT2D eigenvalue weighted by atomic mass is 10.2. The van der Waals surface area contributed by atoms with Gasteiger partial charge in [-0.05, 0) is 31.3 Å². The van der Waals surface area contributed by atoms with Gasteiger partial charge in [0, 0.05) is 13.2 Å². The Balaban J connectivity index is 2.93. The lowest BCUT2D eigenvalue weighted by Gasteiger charge is -2.09. The second kappa shape index (κ2) is 11.4. The van der Waals surface area contributed by atoms with Crippen LogP contribution >= 0.6 is 0 Å². The van der Waals surface area contributed by atoms with Crippen LogP contribution in [-0.2, 0) is 9.47 Å². The van der Waals surface area contributed by atoms with Gasteiger partial charge in [0.15, 0.2) is 0 Å². The largest absolute Gasteiger partial charge is 0.379 e. The molecule has 0 radical (unpaired) electrons. The van der Waals surface area contributed by atoms with E-state index in [0.717, 1.165) is 51.9 Å². The highest BCUT2D eigenvalue weighted by Crippen LogP contribution is 1.92. The topological polar surface area (TPSA) is 30.5 Å². The SMILES string of the molecule is CC(C)CNCCCOCCOCC(C)C. The fourth-order valence-corrected chi connectivity index (χ4v) is 1.23. The predicted octanol–water partition coefficient (Wildman–Crippen LogP) is 2.31. The van der Waals surface area contributed by atoms with Gasteiger partial charge >= 0.3 is 0 Å². The average Bonchev–Trinajstić information content (AvgIpc) is 2.20. The molecule has 0 saturated carbocycles. The molecule has 0 aromatic carbocycles. The summed E-state index contributed by atoms with van der Waals surface area (Å²) in [5.41, 5.74) is 0. The van der Waals surface area contributed by atoms with E-state index < -0.39 is 0 Å². The summed E-state index contributed by atoms with van der Waals surface area (Å²) < 4.78 is 10.9. The minimum Gasteiger partial charge on any atom is -0.379 e. The lowest BCUT2D eigenvalue weighted by Crippen LogP contribution is -2.22. The van der Waals surface area contributed by atoms with Crippen LogP contribution in [0.4, 0.5) is 0 Å². The molecule has 0 aliphatic heterocycles. The van der Waals surface area contributed by atoms with E-state index in [-0.39, 0.29) is 0 Å². The molecule has 0 saturated heterocycles.